The van der Waals surface area contributed by atoms with E-state index in [0.717, 1.165) is 29.6 Å². The third-order valence-corrected chi connectivity index (χ3v) is 4.28. The minimum Gasteiger partial charge on any atom is -0.375 e. The van der Waals surface area contributed by atoms with Crippen LogP contribution in [0.5, 0.6) is 0 Å². The highest BCUT2D eigenvalue weighted by atomic mass is 16.2. The van der Waals surface area contributed by atoms with Gasteiger partial charge in [0.05, 0.1) is 5.56 Å². The van der Waals surface area contributed by atoms with Crippen LogP contribution in [-0.4, -0.2) is 37.1 Å². The predicted octanol–water partition coefficient (Wildman–Crippen LogP) is 2.64. The Kier molecular flexibility index (Phi) is 5.94. The normalized spacial score (nSPS) is 10.4. The van der Waals surface area contributed by atoms with E-state index in [0.29, 0.717) is 12.1 Å². The highest BCUT2D eigenvalue weighted by molar-refractivity contribution is 6.07. The van der Waals surface area contributed by atoms with E-state index in [-0.39, 0.29) is 5.91 Å². The van der Waals surface area contributed by atoms with E-state index in [9.17, 15) is 9.59 Å². The van der Waals surface area contributed by atoms with Gasteiger partial charge in [0.15, 0.2) is 0 Å². The molecule has 4 N–H and O–H groups in total. The summed E-state index contributed by atoms with van der Waals surface area (Å²) in [7, 11) is 2.01. The Morgan fingerprint density at radius 3 is 2.56 bits per heavy atom. The maximum atomic E-state index is 12.2. The van der Waals surface area contributed by atoms with Gasteiger partial charge in [-0.05, 0) is 24.6 Å². The topological polar surface area (TPSA) is 89.3 Å². The van der Waals surface area contributed by atoms with Crippen molar-refractivity contribution in [1.29, 1.82) is 0 Å². The van der Waals surface area contributed by atoms with Crippen molar-refractivity contribution < 1.29 is 9.59 Å². The summed E-state index contributed by atoms with van der Waals surface area (Å²) in [4.78, 5) is 29.2. The Morgan fingerprint density at radius 2 is 1.74 bits per heavy atom. The van der Waals surface area contributed by atoms with Crippen LogP contribution in [0.2, 0.25) is 0 Å². The molecule has 2 aromatic carbocycles. The Hall–Kier alpha value is -3.48. The smallest absolute Gasteiger partial charge is 0.333 e. The number of hydrogen-bond acceptors (Lipinski definition) is 3. The molecule has 0 bridgehead atoms. The number of nitrogens with zero attached hydrogens (tertiary/aromatic N) is 1. The van der Waals surface area contributed by atoms with Crippen molar-refractivity contribution in [2.45, 2.75) is 6.42 Å². The molecule has 27 heavy (non-hydrogen) atoms. The maximum absolute atomic E-state index is 12.2. The minimum absolute atomic E-state index is 0.369. The number of nitrogens with one attached hydrogen (secondary N) is 4. The number of rotatable bonds is 6. The molecule has 0 radical (unpaired) electrons. The van der Waals surface area contributed by atoms with Crippen LogP contribution < -0.4 is 21.1 Å². The van der Waals surface area contributed by atoms with E-state index in [1.807, 2.05) is 61.6 Å². The van der Waals surface area contributed by atoms with Crippen molar-refractivity contribution in [2.75, 3.05) is 25.0 Å². The Labute approximate surface area is 157 Å². The SMILES string of the molecule is CN(CCCNC(=O)NNC(=O)c1c[nH]c2ccccc12)c1ccccc1. The van der Waals surface area contributed by atoms with Gasteiger partial charge in [0.2, 0.25) is 0 Å². The molecule has 0 saturated carbocycles. The van der Waals surface area contributed by atoms with Crippen LogP contribution in [0.3, 0.4) is 0 Å². The van der Waals surface area contributed by atoms with Gasteiger partial charge in [-0.25, -0.2) is 10.2 Å². The van der Waals surface area contributed by atoms with Gasteiger partial charge in [0.25, 0.3) is 5.91 Å². The fraction of sp³-hybridized carbons (Fsp3) is 0.200. The molecule has 1 aromatic heterocycles. The van der Waals surface area contributed by atoms with Crippen LogP contribution in [0, 0.1) is 0 Å². The molecule has 140 valence electrons. The van der Waals surface area contributed by atoms with E-state index in [4.69, 9.17) is 0 Å². The quantitative estimate of drug-likeness (QED) is 0.400. The van der Waals surface area contributed by atoms with Gasteiger partial charge in [0, 0.05) is 42.9 Å². The average Bonchev–Trinajstić information content (AvgIpc) is 3.14. The summed E-state index contributed by atoms with van der Waals surface area (Å²) in [6.45, 7) is 1.32. The summed E-state index contributed by atoms with van der Waals surface area (Å²) < 4.78 is 0. The van der Waals surface area contributed by atoms with Crippen LogP contribution in [0.1, 0.15) is 16.8 Å². The number of hydrazine groups is 1. The predicted molar refractivity (Wildman–Crippen MR) is 107 cm³/mol. The highest BCUT2D eigenvalue weighted by Gasteiger charge is 2.12. The molecular formula is C20H23N5O2. The standard InChI is InChI=1S/C20H23N5O2/c1-25(15-8-3-2-4-9-15)13-7-12-21-20(27)24-23-19(26)17-14-22-18-11-6-5-10-16(17)18/h2-6,8-11,14,22H,7,12-13H2,1H3,(H,23,26)(H2,21,24,27). The number of benzene rings is 2. The van der Waals surface area contributed by atoms with Gasteiger partial charge in [0.1, 0.15) is 0 Å². The van der Waals surface area contributed by atoms with Gasteiger partial charge < -0.3 is 15.2 Å². The second kappa shape index (κ2) is 8.75. The molecule has 3 amide bonds. The molecule has 0 aliphatic carbocycles. The number of anilines is 1. The molecule has 7 heteroatoms. The first kappa shape index (κ1) is 18.3. The first-order valence-electron chi connectivity index (χ1n) is 8.81. The average molecular weight is 365 g/mol. The largest absolute Gasteiger partial charge is 0.375 e. The molecule has 0 aliphatic rings. The van der Waals surface area contributed by atoms with E-state index >= 15 is 0 Å². The number of H-pyrrole nitrogens is 1. The summed E-state index contributed by atoms with van der Waals surface area (Å²) in [5.41, 5.74) is 7.28. The number of para-hydroxylation sites is 2. The van der Waals surface area contributed by atoms with Crippen LogP contribution in [0.4, 0.5) is 10.5 Å². The summed E-state index contributed by atoms with van der Waals surface area (Å²) in [6.07, 6.45) is 2.41. The number of carbonyl (C=O) groups is 2. The molecule has 0 atom stereocenters. The fourth-order valence-electron chi connectivity index (χ4n) is 2.81. The molecule has 3 rings (SSSR count). The van der Waals surface area contributed by atoms with Gasteiger partial charge in [-0.3, -0.25) is 10.2 Å². The third kappa shape index (κ3) is 4.78. The molecule has 0 fully saturated rings. The molecular weight excluding hydrogens is 342 g/mol. The first-order valence-corrected chi connectivity index (χ1v) is 8.81. The van der Waals surface area contributed by atoms with Crippen molar-refractivity contribution in [2.24, 2.45) is 0 Å². The van der Waals surface area contributed by atoms with E-state index in [2.05, 4.69) is 26.1 Å². The monoisotopic (exact) mass is 365 g/mol. The summed E-state index contributed by atoms with van der Waals surface area (Å²) in [6, 6.07) is 17.1. The van der Waals surface area contributed by atoms with Crippen LogP contribution in [0.15, 0.2) is 60.8 Å². The molecule has 1 heterocycles. The van der Waals surface area contributed by atoms with Crippen LogP contribution >= 0.6 is 0 Å². The van der Waals surface area contributed by atoms with Gasteiger partial charge in [-0.1, -0.05) is 36.4 Å². The summed E-state index contributed by atoms with van der Waals surface area (Å²) >= 11 is 0. The summed E-state index contributed by atoms with van der Waals surface area (Å²) in [5, 5.41) is 3.53. The van der Waals surface area contributed by atoms with E-state index in [1.54, 1.807) is 6.20 Å². The number of fused-ring (bicyclic) bond motifs is 1. The molecule has 0 unspecified atom stereocenters. The summed E-state index contributed by atoms with van der Waals surface area (Å²) in [5.74, 6) is -0.369. The van der Waals surface area contributed by atoms with Crippen molar-refractivity contribution in [3.8, 4) is 0 Å². The molecule has 0 aliphatic heterocycles. The first-order chi connectivity index (χ1) is 13.1. The van der Waals surface area contributed by atoms with Crippen molar-refractivity contribution in [3.63, 3.8) is 0 Å². The second-order valence-electron chi connectivity index (χ2n) is 6.19. The zero-order valence-corrected chi connectivity index (χ0v) is 15.2. The van der Waals surface area contributed by atoms with Crippen molar-refractivity contribution in [1.82, 2.24) is 21.2 Å². The number of carbonyl (C=O) groups excluding carboxylic acids is 2. The fourth-order valence-corrected chi connectivity index (χ4v) is 2.81. The second-order valence-corrected chi connectivity index (χ2v) is 6.19. The molecule has 3 aromatic rings. The minimum atomic E-state index is -0.439. The zero-order chi connectivity index (χ0) is 19.1. The highest BCUT2D eigenvalue weighted by Crippen LogP contribution is 2.17. The number of aromatic nitrogens is 1. The Morgan fingerprint density at radius 1 is 1.00 bits per heavy atom. The lowest BCUT2D eigenvalue weighted by molar-refractivity contribution is 0.0938. The number of amides is 3. The Balaban J connectivity index is 1.38. The maximum Gasteiger partial charge on any atom is 0.333 e. The van der Waals surface area contributed by atoms with Crippen molar-refractivity contribution in [3.05, 3.63) is 66.4 Å². The van der Waals surface area contributed by atoms with Crippen LogP contribution in [-0.2, 0) is 0 Å². The van der Waals surface area contributed by atoms with Gasteiger partial charge in [-0.2, -0.15) is 0 Å². The van der Waals surface area contributed by atoms with E-state index < -0.39 is 6.03 Å². The molecule has 0 spiro atoms. The molecule has 7 nitrogen and oxygen atoms in total. The van der Waals surface area contributed by atoms with Crippen molar-refractivity contribution >= 4 is 28.5 Å². The zero-order valence-electron chi connectivity index (χ0n) is 15.2. The Bertz CT molecular complexity index is 907. The lowest BCUT2D eigenvalue weighted by Crippen LogP contribution is -2.47. The van der Waals surface area contributed by atoms with E-state index in [1.165, 1.54) is 0 Å². The number of urea groups is 1. The number of aromatic amines is 1. The number of hydrogen-bond donors (Lipinski definition) is 4. The van der Waals surface area contributed by atoms with Gasteiger partial charge >= 0.3 is 6.03 Å². The van der Waals surface area contributed by atoms with Gasteiger partial charge in [-0.15, -0.1) is 0 Å². The lowest BCUT2D eigenvalue weighted by Gasteiger charge is -2.19. The molecule has 0 saturated heterocycles. The lowest BCUT2D eigenvalue weighted by atomic mass is 10.2. The third-order valence-electron chi connectivity index (χ3n) is 4.28. The van der Waals surface area contributed by atoms with Crippen LogP contribution in [0.25, 0.3) is 10.9 Å².